The minimum absolute atomic E-state index is 0.0237. The van der Waals surface area contributed by atoms with Crippen molar-refractivity contribution in [2.45, 2.75) is 38.4 Å². The van der Waals surface area contributed by atoms with Crippen LogP contribution < -0.4 is 0 Å². The third-order valence-corrected chi connectivity index (χ3v) is 5.60. The van der Waals surface area contributed by atoms with Gasteiger partial charge in [0.25, 0.3) is 0 Å². The van der Waals surface area contributed by atoms with Crippen LogP contribution in [-0.2, 0) is 11.6 Å². The second-order valence-corrected chi connectivity index (χ2v) is 9.59. The zero-order valence-electron chi connectivity index (χ0n) is 17.0. The Hall–Kier alpha value is -3.06. The Morgan fingerprint density at radius 2 is 2.20 bits per heavy atom. The van der Waals surface area contributed by atoms with E-state index in [4.69, 9.17) is 9.52 Å². The van der Waals surface area contributed by atoms with Crippen molar-refractivity contribution in [2.24, 2.45) is 0 Å². The molecule has 1 aliphatic rings. The molecule has 0 bridgehead atoms. The van der Waals surface area contributed by atoms with Gasteiger partial charge in [-0.15, -0.1) is 19.4 Å². The van der Waals surface area contributed by atoms with E-state index < -0.39 is 11.2 Å². The van der Waals surface area contributed by atoms with Gasteiger partial charge in [-0.3, -0.25) is 4.79 Å². The number of H-pyrrole nitrogens is 1. The van der Waals surface area contributed by atoms with E-state index in [2.05, 4.69) is 29.4 Å². The molecule has 0 aromatic carbocycles. The predicted molar refractivity (Wildman–Crippen MR) is 112 cm³/mol. The summed E-state index contributed by atoms with van der Waals surface area (Å²) in [5, 5.41) is 12.4. The summed E-state index contributed by atoms with van der Waals surface area (Å²) in [6.45, 7) is 6.39. The van der Waals surface area contributed by atoms with Crippen molar-refractivity contribution in [1.82, 2.24) is 34.7 Å². The minimum Gasteiger partial charge on any atom is -0.416 e. The van der Waals surface area contributed by atoms with Crippen LogP contribution in [0.2, 0.25) is 0 Å². The first-order valence-corrected chi connectivity index (χ1v) is 10.3. The van der Waals surface area contributed by atoms with E-state index in [9.17, 15) is 4.79 Å². The van der Waals surface area contributed by atoms with Gasteiger partial charge in [0.15, 0.2) is 0 Å². The Bertz CT molecular complexity index is 1250. The third kappa shape index (κ3) is 3.01. The van der Waals surface area contributed by atoms with E-state index in [0.29, 0.717) is 18.9 Å². The summed E-state index contributed by atoms with van der Waals surface area (Å²) >= 11 is 0. The molecule has 0 radical (unpaired) electrons. The van der Waals surface area contributed by atoms with Gasteiger partial charge in [-0.25, -0.2) is 9.50 Å². The van der Waals surface area contributed by atoms with Crippen molar-refractivity contribution in [1.29, 1.82) is 0 Å². The summed E-state index contributed by atoms with van der Waals surface area (Å²) in [5.41, 5.74) is 4.65. The molecule has 0 spiro atoms. The van der Waals surface area contributed by atoms with E-state index in [1.165, 1.54) is 0 Å². The van der Waals surface area contributed by atoms with Gasteiger partial charge in [0, 0.05) is 24.9 Å². The van der Waals surface area contributed by atoms with Crippen molar-refractivity contribution in [3.8, 4) is 0 Å². The lowest BCUT2D eigenvalue weighted by Gasteiger charge is -2.32. The van der Waals surface area contributed by atoms with Crippen LogP contribution in [-0.4, -0.2) is 47.1 Å². The highest BCUT2D eigenvalue weighted by atomic mass is 31.0. The second-order valence-electron chi connectivity index (χ2n) is 8.14. The second kappa shape index (κ2) is 6.74. The van der Waals surface area contributed by atoms with Crippen LogP contribution in [0.3, 0.4) is 0 Å². The Kier molecular flexibility index (Phi) is 4.25. The standard InChI is InChI=1S/C20H22N7O2P/c1-11-5-4-7-27-14(11)9-13(25-27)16-15-12(21-10-22-15)6-8-26(16)18(28)17-23-24-19(29-17)20(2,3)30/h4-5,7,9-10,16H,6,8,30H2,1-3H3,(H,21,22)/t16-/m1/s1. The van der Waals surface area contributed by atoms with Crippen LogP contribution in [0.15, 0.2) is 35.1 Å². The van der Waals surface area contributed by atoms with Gasteiger partial charge in [-0.05, 0) is 38.5 Å². The van der Waals surface area contributed by atoms with E-state index in [1.807, 2.05) is 49.7 Å². The number of fused-ring (bicyclic) bond motifs is 2. The van der Waals surface area contributed by atoms with Gasteiger partial charge < -0.3 is 14.3 Å². The summed E-state index contributed by atoms with van der Waals surface area (Å²) in [7, 11) is 2.64. The minimum atomic E-state index is -0.439. The van der Waals surface area contributed by atoms with Crippen molar-refractivity contribution in [3.63, 3.8) is 0 Å². The molecule has 4 aromatic heterocycles. The molecule has 1 unspecified atom stereocenters. The van der Waals surface area contributed by atoms with E-state index >= 15 is 0 Å². The number of pyridine rings is 1. The van der Waals surface area contributed by atoms with Gasteiger partial charge in [0.1, 0.15) is 6.04 Å². The predicted octanol–water partition coefficient (Wildman–Crippen LogP) is 2.65. The quantitative estimate of drug-likeness (QED) is 0.508. The number of amides is 1. The van der Waals surface area contributed by atoms with Crippen molar-refractivity contribution in [3.05, 3.63) is 65.1 Å². The lowest BCUT2D eigenvalue weighted by molar-refractivity contribution is 0.0643. The molecule has 2 atom stereocenters. The highest BCUT2D eigenvalue weighted by Gasteiger charge is 2.38. The smallest absolute Gasteiger partial charge is 0.312 e. The third-order valence-electron chi connectivity index (χ3n) is 5.36. The van der Waals surface area contributed by atoms with Crippen LogP contribution >= 0.6 is 9.24 Å². The Morgan fingerprint density at radius 1 is 1.37 bits per heavy atom. The summed E-state index contributed by atoms with van der Waals surface area (Å²) in [6.07, 6.45) is 4.23. The van der Waals surface area contributed by atoms with E-state index in [-0.39, 0.29) is 11.8 Å². The summed E-state index contributed by atoms with van der Waals surface area (Å²) < 4.78 is 7.54. The topological polar surface area (TPSA) is 105 Å². The first-order chi connectivity index (χ1) is 14.3. The van der Waals surface area contributed by atoms with E-state index in [1.54, 1.807) is 11.2 Å². The average molecular weight is 423 g/mol. The molecule has 1 amide bonds. The van der Waals surface area contributed by atoms with Crippen LogP contribution in [0.25, 0.3) is 5.52 Å². The molecule has 1 aliphatic heterocycles. The normalized spacial score (nSPS) is 16.8. The SMILES string of the molecule is Cc1cccn2nc([C@@H]3c4nc[nH]c4CCN3C(=O)c3nnc(C(C)(C)P)o3)cc12. The zero-order valence-corrected chi connectivity index (χ0v) is 18.1. The summed E-state index contributed by atoms with van der Waals surface area (Å²) in [5.74, 6) is 0.0492. The summed E-state index contributed by atoms with van der Waals surface area (Å²) in [4.78, 5) is 22.8. The number of imidazole rings is 1. The highest BCUT2D eigenvalue weighted by Crippen LogP contribution is 2.35. The van der Waals surface area contributed by atoms with Crippen LogP contribution in [0.4, 0.5) is 0 Å². The number of carbonyl (C=O) groups is 1. The number of nitrogens with zero attached hydrogens (tertiary/aromatic N) is 6. The molecule has 0 saturated carbocycles. The molecular formula is C20H22N7O2P. The molecule has 9 nitrogen and oxygen atoms in total. The largest absolute Gasteiger partial charge is 0.416 e. The molecule has 30 heavy (non-hydrogen) atoms. The Balaban J connectivity index is 1.59. The fourth-order valence-electron chi connectivity index (χ4n) is 3.80. The monoisotopic (exact) mass is 423 g/mol. The van der Waals surface area contributed by atoms with Crippen molar-refractivity contribution in [2.75, 3.05) is 6.54 Å². The van der Waals surface area contributed by atoms with Crippen LogP contribution in [0.1, 0.15) is 59.1 Å². The number of hydrogen-bond donors (Lipinski definition) is 1. The molecule has 0 saturated heterocycles. The molecule has 10 heteroatoms. The van der Waals surface area contributed by atoms with Gasteiger partial charge in [-0.2, -0.15) is 5.10 Å². The van der Waals surface area contributed by atoms with Gasteiger partial charge in [0.05, 0.1) is 28.4 Å². The first kappa shape index (κ1) is 18.9. The number of hydrogen-bond acceptors (Lipinski definition) is 6. The molecule has 0 aliphatic carbocycles. The molecule has 5 heterocycles. The number of carbonyl (C=O) groups excluding carboxylic acids is 1. The fourth-order valence-corrected chi connectivity index (χ4v) is 3.91. The first-order valence-electron chi connectivity index (χ1n) is 9.74. The maximum absolute atomic E-state index is 13.4. The Morgan fingerprint density at radius 3 is 2.93 bits per heavy atom. The number of aromatic nitrogens is 6. The number of nitrogens with one attached hydrogen (secondary N) is 1. The zero-order chi connectivity index (χ0) is 21.0. The lowest BCUT2D eigenvalue weighted by Crippen LogP contribution is -2.41. The fraction of sp³-hybridized carbons (Fsp3) is 0.350. The van der Waals surface area contributed by atoms with Gasteiger partial charge >= 0.3 is 11.8 Å². The maximum Gasteiger partial charge on any atom is 0.312 e. The van der Waals surface area contributed by atoms with Gasteiger partial charge in [0.2, 0.25) is 5.89 Å². The molecule has 0 fully saturated rings. The van der Waals surface area contributed by atoms with E-state index in [0.717, 1.165) is 28.2 Å². The number of rotatable bonds is 3. The molecule has 154 valence electrons. The summed E-state index contributed by atoms with van der Waals surface area (Å²) in [6, 6.07) is 5.56. The molecule has 5 rings (SSSR count). The number of aryl methyl sites for hydroxylation is 1. The molecule has 4 aromatic rings. The van der Waals surface area contributed by atoms with Crippen LogP contribution in [0.5, 0.6) is 0 Å². The van der Waals surface area contributed by atoms with Gasteiger partial charge in [-0.1, -0.05) is 6.07 Å². The lowest BCUT2D eigenvalue weighted by atomic mass is 9.99. The Labute approximate surface area is 175 Å². The number of aromatic amines is 1. The average Bonchev–Trinajstić information content (AvgIpc) is 3.44. The van der Waals surface area contributed by atoms with Crippen LogP contribution in [0, 0.1) is 6.92 Å². The maximum atomic E-state index is 13.4. The highest BCUT2D eigenvalue weighted by molar-refractivity contribution is 7.18. The molecular weight excluding hydrogens is 401 g/mol. The molecule has 1 N–H and O–H groups in total. The van der Waals surface area contributed by atoms with Crippen molar-refractivity contribution < 1.29 is 9.21 Å². The van der Waals surface area contributed by atoms with Crippen molar-refractivity contribution >= 4 is 20.7 Å².